The summed E-state index contributed by atoms with van der Waals surface area (Å²) in [7, 11) is 3.82. The molecule has 6 rings (SSSR count). The molecule has 2 unspecified atom stereocenters. The molecule has 40 heavy (non-hydrogen) atoms. The third kappa shape index (κ3) is 5.80. The van der Waals surface area contributed by atoms with Crippen LogP contribution in [0.2, 0.25) is 0 Å². The van der Waals surface area contributed by atoms with Gasteiger partial charge >= 0.3 is 0 Å². The summed E-state index contributed by atoms with van der Waals surface area (Å²) in [6.07, 6.45) is 7.24. The number of benzene rings is 2. The van der Waals surface area contributed by atoms with E-state index in [1.807, 2.05) is 37.5 Å². The first kappa shape index (κ1) is 27.0. The van der Waals surface area contributed by atoms with E-state index in [0.29, 0.717) is 13.2 Å². The van der Waals surface area contributed by atoms with Crippen LogP contribution in [-0.4, -0.2) is 44.9 Å². The van der Waals surface area contributed by atoms with Crippen molar-refractivity contribution in [2.24, 2.45) is 18.9 Å². The number of rotatable bonds is 9. The molecule has 2 bridgehead atoms. The number of aliphatic hydroxyl groups excluding tert-OH is 1. The van der Waals surface area contributed by atoms with Gasteiger partial charge in [0.1, 0.15) is 18.6 Å². The lowest BCUT2D eigenvalue weighted by Gasteiger charge is -2.31. The minimum atomic E-state index is -0.702. The van der Waals surface area contributed by atoms with Gasteiger partial charge in [-0.05, 0) is 80.8 Å². The SMILES string of the molecule is Cc1ccc(OCc2ccc(C(O)N(C)Cc3cnn(C)c3)cc2C)c(-c2csc(N3CC4CC[C@@H](C4)C3)n2)c1. The highest BCUT2D eigenvalue weighted by Crippen LogP contribution is 2.40. The molecule has 0 radical (unpaired) electrons. The molecule has 0 amide bonds. The van der Waals surface area contributed by atoms with Gasteiger partial charge < -0.3 is 14.7 Å². The molecule has 4 aromatic rings. The van der Waals surface area contributed by atoms with Gasteiger partial charge in [-0.25, -0.2) is 4.98 Å². The zero-order valence-corrected chi connectivity index (χ0v) is 24.7. The number of nitrogens with zero attached hydrogens (tertiary/aromatic N) is 5. The fourth-order valence-electron chi connectivity index (χ4n) is 6.25. The second-order valence-corrected chi connectivity index (χ2v) is 12.6. The predicted molar refractivity (Wildman–Crippen MR) is 160 cm³/mol. The van der Waals surface area contributed by atoms with Crippen LogP contribution in [0.3, 0.4) is 0 Å². The van der Waals surface area contributed by atoms with Crippen LogP contribution in [0, 0.1) is 25.7 Å². The van der Waals surface area contributed by atoms with Crippen molar-refractivity contribution in [1.82, 2.24) is 19.7 Å². The Kier molecular flexibility index (Phi) is 7.66. The summed E-state index contributed by atoms with van der Waals surface area (Å²) in [5, 5.41) is 18.5. The molecule has 1 N–H and O–H groups in total. The molecule has 210 valence electrons. The van der Waals surface area contributed by atoms with Crippen molar-refractivity contribution in [3.05, 3.63) is 82.0 Å². The number of aliphatic hydroxyl groups is 1. The fourth-order valence-corrected chi connectivity index (χ4v) is 7.09. The Hall–Kier alpha value is -3.20. The van der Waals surface area contributed by atoms with Gasteiger partial charge in [0, 0.05) is 49.4 Å². The van der Waals surface area contributed by atoms with E-state index in [2.05, 4.69) is 59.6 Å². The number of anilines is 1. The molecule has 1 saturated carbocycles. The van der Waals surface area contributed by atoms with E-state index in [4.69, 9.17) is 9.72 Å². The average molecular weight is 558 g/mol. The van der Waals surface area contributed by atoms with E-state index in [9.17, 15) is 5.11 Å². The Balaban J connectivity index is 1.14. The van der Waals surface area contributed by atoms with Gasteiger partial charge in [-0.2, -0.15) is 5.10 Å². The monoisotopic (exact) mass is 557 g/mol. The first-order valence-corrected chi connectivity index (χ1v) is 15.1. The van der Waals surface area contributed by atoms with Crippen molar-refractivity contribution in [2.45, 2.75) is 52.5 Å². The van der Waals surface area contributed by atoms with Gasteiger partial charge in [0.05, 0.1) is 11.9 Å². The number of fused-ring (bicyclic) bond motifs is 2. The van der Waals surface area contributed by atoms with Crippen LogP contribution in [0.15, 0.2) is 54.2 Å². The minimum Gasteiger partial charge on any atom is -0.488 e. The Morgan fingerprint density at radius 1 is 1.12 bits per heavy atom. The summed E-state index contributed by atoms with van der Waals surface area (Å²) in [5.41, 5.74) is 7.35. The van der Waals surface area contributed by atoms with Gasteiger partial charge in [-0.15, -0.1) is 11.3 Å². The van der Waals surface area contributed by atoms with Gasteiger partial charge in [0.25, 0.3) is 0 Å². The van der Waals surface area contributed by atoms with E-state index in [0.717, 1.165) is 69.3 Å². The average Bonchev–Trinajstić information content (AvgIpc) is 3.68. The zero-order valence-electron chi connectivity index (χ0n) is 23.9. The summed E-state index contributed by atoms with van der Waals surface area (Å²) in [6.45, 7) is 7.54. The number of ether oxygens (including phenoxy) is 1. The smallest absolute Gasteiger partial charge is 0.185 e. The molecule has 1 aliphatic carbocycles. The highest BCUT2D eigenvalue weighted by atomic mass is 32.1. The number of thiazole rings is 1. The molecule has 7 nitrogen and oxygen atoms in total. The molecule has 1 aliphatic heterocycles. The highest BCUT2D eigenvalue weighted by Gasteiger charge is 2.34. The van der Waals surface area contributed by atoms with E-state index in [1.54, 1.807) is 16.0 Å². The van der Waals surface area contributed by atoms with Crippen LogP contribution in [-0.2, 0) is 20.2 Å². The van der Waals surface area contributed by atoms with Crippen molar-refractivity contribution >= 4 is 16.5 Å². The van der Waals surface area contributed by atoms with Crippen LogP contribution in [0.25, 0.3) is 11.3 Å². The topological polar surface area (TPSA) is 66.7 Å². The Morgan fingerprint density at radius 3 is 2.65 bits per heavy atom. The lowest BCUT2D eigenvalue weighted by atomic mass is 9.99. The molecular formula is C32H39N5O2S. The van der Waals surface area contributed by atoms with Gasteiger partial charge in [-0.3, -0.25) is 9.58 Å². The molecular weight excluding hydrogens is 518 g/mol. The summed E-state index contributed by atoms with van der Waals surface area (Å²) >= 11 is 1.75. The first-order valence-electron chi connectivity index (χ1n) is 14.2. The summed E-state index contributed by atoms with van der Waals surface area (Å²) in [6, 6.07) is 12.4. The largest absolute Gasteiger partial charge is 0.488 e. The Bertz CT molecular complexity index is 1470. The molecule has 2 aromatic carbocycles. The van der Waals surface area contributed by atoms with Crippen LogP contribution in [0.4, 0.5) is 5.13 Å². The molecule has 0 spiro atoms. The van der Waals surface area contributed by atoms with Crippen molar-refractivity contribution in [3.8, 4) is 17.0 Å². The molecule has 2 fully saturated rings. The van der Waals surface area contributed by atoms with Crippen molar-refractivity contribution in [1.29, 1.82) is 0 Å². The number of piperidine rings is 1. The van der Waals surface area contributed by atoms with Gasteiger partial charge in [0.15, 0.2) is 5.13 Å². The molecule has 3 heterocycles. The number of aryl methyl sites for hydroxylation is 3. The fraction of sp³-hybridized carbons (Fsp3) is 0.438. The maximum atomic E-state index is 11.0. The van der Waals surface area contributed by atoms with E-state index >= 15 is 0 Å². The minimum absolute atomic E-state index is 0.455. The second kappa shape index (κ2) is 11.4. The lowest BCUT2D eigenvalue weighted by Crippen LogP contribution is -2.36. The van der Waals surface area contributed by atoms with Gasteiger partial charge in [0.2, 0.25) is 0 Å². The van der Waals surface area contributed by atoms with Crippen LogP contribution < -0.4 is 9.64 Å². The highest BCUT2D eigenvalue weighted by molar-refractivity contribution is 7.14. The second-order valence-electron chi connectivity index (χ2n) is 11.8. The molecule has 8 heteroatoms. The number of hydrogen-bond donors (Lipinski definition) is 1. The van der Waals surface area contributed by atoms with E-state index < -0.39 is 6.23 Å². The normalized spacial score (nSPS) is 19.4. The first-order chi connectivity index (χ1) is 19.3. The summed E-state index contributed by atoms with van der Waals surface area (Å²) < 4.78 is 8.19. The van der Waals surface area contributed by atoms with E-state index in [1.165, 1.54) is 24.8 Å². The lowest BCUT2D eigenvalue weighted by molar-refractivity contribution is 0.0151. The molecule has 2 aromatic heterocycles. The number of hydrogen-bond acceptors (Lipinski definition) is 7. The molecule has 2 aliphatic rings. The van der Waals surface area contributed by atoms with Crippen LogP contribution >= 0.6 is 11.3 Å². The van der Waals surface area contributed by atoms with Crippen molar-refractivity contribution in [2.75, 3.05) is 25.0 Å². The molecule has 3 atom stereocenters. The Labute approximate surface area is 241 Å². The molecule has 1 saturated heterocycles. The van der Waals surface area contributed by atoms with Gasteiger partial charge in [-0.1, -0.05) is 29.8 Å². The number of aromatic nitrogens is 3. The summed E-state index contributed by atoms with van der Waals surface area (Å²) in [5.74, 6) is 2.52. The van der Waals surface area contributed by atoms with Crippen LogP contribution in [0.5, 0.6) is 5.75 Å². The standard InChI is InChI=1S/C32H39N5O2S/c1-21-5-10-30(28(11-21)29-20-40-32(34-29)37-17-23-6-7-24(13-23)18-37)39-19-27-9-8-26(12-22(27)2)31(38)35(3)15-25-14-33-36(4)16-25/h5,8-12,14,16,20,23-24,31,38H,6-7,13,15,17-19H2,1-4H3/t23-,24?,31?/m0/s1. The third-order valence-electron chi connectivity index (χ3n) is 8.44. The Morgan fingerprint density at radius 2 is 1.93 bits per heavy atom. The zero-order chi connectivity index (χ0) is 27.8. The summed E-state index contributed by atoms with van der Waals surface area (Å²) in [4.78, 5) is 9.50. The van der Waals surface area contributed by atoms with Crippen molar-refractivity contribution < 1.29 is 9.84 Å². The van der Waals surface area contributed by atoms with Crippen LogP contribution in [0.1, 0.15) is 53.3 Å². The quantitative estimate of drug-likeness (QED) is 0.251. The van der Waals surface area contributed by atoms with Crippen molar-refractivity contribution in [3.63, 3.8) is 0 Å². The maximum absolute atomic E-state index is 11.0. The predicted octanol–water partition coefficient (Wildman–Crippen LogP) is 6.10. The van der Waals surface area contributed by atoms with E-state index in [-0.39, 0.29) is 0 Å². The maximum Gasteiger partial charge on any atom is 0.185 e. The third-order valence-corrected chi connectivity index (χ3v) is 9.34.